The Balaban J connectivity index is 2.26. The van der Waals surface area contributed by atoms with E-state index in [1.165, 1.54) is 5.56 Å². The average Bonchev–Trinajstić information content (AvgIpc) is 2.46. The molecule has 1 unspecified atom stereocenters. The van der Waals surface area contributed by atoms with Crippen molar-refractivity contribution < 1.29 is 4.74 Å². The lowest BCUT2D eigenvalue weighted by Gasteiger charge is -2.42. The summed E-state index contributed by atoms with van der Waals surface area (Å²) >= 11 is 0. The minimum absolute atomic E-state index is 0.0381. The Hall–Kier alpha value is -1.30. The summed E-state index contributed by atoms with van der Waals surface area (Å²) in [5, 5.41) is 0. The van der Waals surface area contributed by atoms with Gasteiger partial charge in [-0.05, 0) is 24.8 Å². The van der Waals surface area contributed by atoms with E-state index in [0.717, 1.165) is 38.9 Å². The van der Waals surface area contributed by atoms with E-state index >= 15 is 0 Å². The largest absolute Gasteiger partial charge is 0.381 e. The molecule has 1 heterocycles. The van der Waals surface area contributed by atoms with Gasteiger partial charge in [0.15, 0.2) is 0 Å². The normalized spacial score (nSPS) is 20.0. The molecule has 18 heavy (non-hydrogen) atoms. The van der Waals surface area contributed by atoms with Crippen LogP contribution in [0.15, 0.2) is 30.3 Å². The van der Waals surface area contributed by atoms with Crippen LogP contribution >= 0.6 is 0 Å². The van der Waals surface area contributed by atoms with Gasteiger partial charge in [0.2, 0.25) is 0 Å². The van der Waals surface area contributed by atoms with Gasteiger partial charge >= 0.3 is 0 Å². The molecule has 0 aromatic heterocycles. The van der Waals surface area contributed by atoms with E-state index in [1.807, 2.05) is 6.07 Å². The lowest BCUT2D eigenvalue weighted by Crippen LogP contribution is -2.49. The van der Waals surface area contributed by atoms with Gasteiger partial charge in [-0.3, -0.25) is 0 Å². The van der Waals surface area contributed by atoms with Crippen LogP contribution in [0.2, 0.25) is 0 Å². The van der Waals surface area contributed by atoms with Crippen LogP contribution in [0, 0.1) is 12.3 Å². The molecule has 0 amide bonds. The minimum Gasteiger partial charge on any atom is -0.381 e. The zero-order valence-electron chi connectivity index (χ0n) is 10.8. The molecule has 1 aromatic carbocycles. The van der Waals surface area contributed by atoms with Gasteiger partial charge in [0.25, 0.3) is 0 Å². The van der Waals surface area contributed by atoms with Crippen LogP contribution in [-0.4, -0.2) is 19.3 Å². The molecule has 1 fully saturated rings. The molecule has 0 aliphatic carbocycles. The fraction of sp³-hybridized carbons (Fsp3) is 0.500. The van der Waals surface area contributed by atoms with Gasteiger partial charge in [-0.15, -0.1) is 12.3 Å². The standard InChI is InChI=1S/C16H21NO/c1-2-3-9-15(17)16(10-12-18-13-11-16)14-7-5-4-6-8-14/h1,4-8,15H,3,9-13,17H2. The van der Waals surface area contributed by atoms with Crippen LogP contribution in [0.1, 0.15) is 31.2 Å². The molecule has 2 rings (SSSR count). The fourth-order valence-corrected chi connectivity index (χ4v) is 2.89. The Morgan fingerprint density at radius 1 is 1.28 bits per heavy atom. The zero-order valence-corrected chi connectivity index (χ0v) is 10.8. The summed E-state index contributed by atoms with van der Waals surface area (Å²) in [5.41, 5.74) is 7.82. The Morgan fingerprint density at radius 2 is 1.94 bits per heavy atom. The number of hydrogen-bond acceptors (Lipinski definition) is 2. The first-order valence-corrected chi connectivity index (χ1v) is 6.62. The highest BCUT2D eigenvalue weighted by molar-refractivity contribution is 5.28. The molecule has 2 nitrogen and oxygen atoms in total. The highest BCUT2D eigenvalue weighted by Crippen LogP contribution is 2.38. The molecule has 0 saturated carbocycles. The number of benzene rings is 1. The quantitative estimate of drug-likeness (QED) is 0.825. The van der Waals surface area contributed by atoms with Gasteiger partial charge < -0.3 is 10.5 Å². The van der Waals surface area contributed by atoms with Crippen LogP contribution in [0.25, 0.3) is 0 Å². The second kappa shape index (κ2) is 6.04. The Bertz CT molecular complexity index is 401. The Kier molecular flexibility index (Phi) is 4.41. The van der Waals surface area contributed by atoms with E-state index in [-0.39, 0.29) is 11.5 Å². The average molecular weight is 243 g/mol. The number of rotatable bonds is 4. The summed E-state index contributed by atoms with van der Waals surface area (Å²) < 4.78 is 5.50. The van der Waals surface area contributed by atoms with Crippen molar-refractivity contribution in [2.45, 2.75) is 37.1 Å². The Labute approximate surface area is 110 Å². The fourth-order valence-electron chi connectivity index (χ4n) is 2.89. The monoisotopic (exact) mass is 243 g/mol. The molecule has 96 valence electrons. The first kappa shape index (κ1) is 13.1. The molecule has 0 bridgehead atoms. The molecule has 1 aliphatic rings. The number of terminal acetylenes is 1. The van der Waals surface area contributed by atoms with E-state index < -0.39 is 0 Å². The maximum atomic E-state index is 6.45. The van der Waals surface area contributed by atoms with Crippen LogP contribution in [-0.2, 0) is 10.2 Å². The summed E-state index contributed by atoms with van der Waals surface area (Å²) in [4.78, 5) is 0. The number of nitrogens with two attached hydrogens (primary N) is 1. The summed E-state index contributed by atoms with van der Waals surface area (Å²) in [6.07, 6.45) is 8.96. The van der Waals surface area contributed by atoms with Crippen LogP contribution in [0.5, 0.6) is 0 Å². The van der Waals surface area contributed by atoms with Crippen LogP contribution in [0.3, 0.4) is 0 Å². The lowest BCUT2D eigenvalue weighted by atomic mass is 9.68. The zero-order chi connectivity index (χ0) is 12.8. The Morgan fingerprint density at radius 3 is 2.56 bits per heavy atom. The highest BCUT2D eigenvalue weighted by atomic mass is 16.5. The lowest BCUT2D eigenvalue weighted by molar-refractivity contribution is 0.0390. The summed E-state index contributed by atoms with van der Waals surface area (Å²) in [6.45, 7) is 1.58. The van der Waals surface area contributed by atoms with E-state index in [2.05, 4.69) is 30.2 Å². The molecule has 2 N–H and O–H groups in total. The molecule has 1 aromatic rings. The summed E-state index contributed by atoms with van der Waals surface area (Å²) in [5.74, 6) is 2.70. The second-order valence-corrected chi connectivity index (χ2v) is 4.98. The first-order chi connectivity index (χ1) is 8.79. The van der Waals surface area contributed by atoms with Crippen molar-refractivity contribution in [3.63, 3.8) is 0 Å². The molecule has 0 radical (unpaired) electrons. The first-order valence-electron chi connectivity index (χ1n) is 6.62. The molecular weight excluding hydrogens is 222 g/mol. The molecule has 1 atom stereocenters. The topological polar surface area (TPSA) is 35.2 Å². The molecule has 2 heteroatoms. The van der Waals surface area contributed by atoms with Gasteiger partial charge in [-0.25, -0.2) is 0 Å². The molecular formula is C16H21NO. The molecule has 1 aliphatic heterocycles. The maximum Gasteiger partial charge on any atom is 0.0475 e. The van der Waals surface area contributed by atoms with Gasteiger partial charge in [0.05, 0.1) is 0 Å². The third-order valence-corrected chi connectivity index (χ3v) is 4.04. The van der Waals surface area contributed by atoms with Crippen LogP contribution < -0.4 is 5.73 Å². The summed E-state index contributed by atoms with van der Waals surface area (Å²) in [6, 6.07) is 10.7. The van der Waals surface area contributed by atoms with Crippen molar-refractivity contribution in [2.75, 3.05) is 13.2 Å². The van der Waals surface area contributed by atoms with Gasteiger partial charge in [0.1, 0.15) is 0 Å². The van der Waals surface area contributed by atoms with Crippen molar-refractivity contribution >= 4 is 0 Å². The predicted molar refractivity (Wildman–Crippen MR) is 74.2 cm³/mol. The van der Waals surface area contributed by atoms with Crippen molar-refractivity contribution in [1.29, 1.82) is 0 Å². The number of ether oxygens (including phenoxy) is 1. The van der Waals surface area contributed by atoms with Crippen molar-refractivity contribution in [3.05, 3.63) is 35.9 Å². The predicted octanol–water partition coefficient (Wildman–Crippen LogP) is 2.48. The van der Waals surface area contributed by atoms with Crippen molar-refractivity contribution in [1.82, 2.24) is 0 Å². The maximum absolute atomic E-state index is 6.45. The smallest absolute Gasteiger partial charge is 0.0475 e. The van der Waals surface area contributed by atoms with E-state index in [1.54, 1.807) is 0 Å². The van der Waals surface area contributed by atoms with Crippen molar-refractivity contribution in [2.24, 2.45) is 5.73 Å². The van der Waals surface area contributed by atoms with Gasteiger partial charge in [0, 0.05) is 31.1 Å². The molecule has 1 saturated heterocycles. The third kappa shape index (κ3) is 2.58. The van der Waals surface area contributed by atoms with Crippen molar-refractivity contribution in [3.8, 4) is 12.3 Å². The van der Waals surface area contributed by atoms with Gasteiger partial charge in [-0.2, -0.15) is 0 Å². The second-order valence-electron chi connectivity index (χ2n) is 4.98. The van der Waals surface area contributed by atoms with Crippen LogP contribution in [0.4, 0.5) is 0 Å². The van der Waals surface area contributed by atoms with E-state index in [0.29, 0.717) is 0 Å². The molecule has 0 spiro atoms. The number of hydrogen-bond donors (Lipinski definition) is 1. The van der Waals surface area contributed by atoms with Gasteiger partial charge in [-0.1, -0.05) is 30.3 Å². The highest BCUT2D eigenvalue weighted by Gasteiger charge is 2.39. The summed E-state index contributed by atoms with van der Waals surface area (Å²) in [7, 11) is 0. The SMILES string of the molecule is C#CCCC(N)C1(c2ccccc2)CCOCC1. The third-order valence-electron chi connectivity index (χ3n) is 4.04. The minimum atomic E-state index is 0.0381. The van der Waals surface area contributed by atoms with E-state index in [4.69, 9.17) is 16.9 Å². The van der Waals surface area contributed by atoms with E-state index in [9.17, 15) is 0 Å².